The predicted octanol–water partition coefficient (Wildman–Crippen LogP) is 2.71. The van der Waals surface area contributed by atoms with Gasteiger partial charge < -0.3 is 9.67 Å². The third kappa shape index (κ3) is 2.37. The molecular weight excluding hydrogens is 269 g/mol. The Bertz CT molecular complexity index is 831. The van der Waals surface area contributed by atoms with E-state index in [1.54, 1.807) is 24.3 Å². The third-order valence-electron chi connectivity index (χ3n) is 3.30. The highest BCUT2D eigenvalue weighted by molar-refractivity contribution is 5.82. The predicted molar refractivity (Wildman–Crippen MR) is 76.9 cm³/mol. The molecule has 0 amide bonds. The number of imidazole rings is 1. The van der Waals surface area contributed by atoms with Gasteiger partial charge in [0.25, 0.3) is 0 Å². The quantitative estimate of drug-likeness (QED) is 0.803. The summed E-state index contributed by atoms with van der Waals surface area (Å²) in [5, 5.41) is 18.2. The second kappa shape index (κ2) is 5.35. The topological polar surface area (TPSA) is 61.8 Å². The highest BCUT2D eigenvalue weighted by Crippen LogP contribution is 2.25. The van der Waals surface area contributed by atoms with E-state index in [1.165, 1.54) is 12.1 Å². The number of hydrogen-bond acceptors (Lipinski definition) is 3. The van der Waals surface area contributed by atoms with Crippen molar-refractivity contribution in [1.82, 2.24) is 9.55 Å². The largest absolute Gasteiger partial charge is 0.395 e. The number of fused-ring (bicyclic) bond motifs is 1. The highest BCUT2D eigenvalue weighted by atomic mass is 19.1. The number of rotatable bonds is 3. The molecule has 0 fully saturated rings. The van der Waals surface area contributed by atoms with Crippen LogP contribution in [0.5, 0.6) is 0 Å². The van der Waals surface area contributed by atoms with Crippen molar-refractivity contribution in [2.24, 2.45) is 0 Å². The van der Waals surface area contributed by atoms with Crippen molar-refractivity contribution in [3.05, 3.63) is 53.8 Å². The van der Waals surface area contributed by atoms with Crippen molar-refractivity contribution < 1.29 is 9.50 Å². The summed E-state index contributed by atoms with van der Waals surface area (Å²) in [6.07, 6.45) is 0. The number of halogens is 1. The van der Waals surface area contributed by atoms with Gasteiger partial charge >= 0.3 is 0 Å². The maximum atomic E-state index is 13.1. The first-order valence-electron chi connectivity index (χ1n) is 6.50. The van der Waals surface area contributed by atoms with Gasteiger partial charge in [-0.1, -0.05) is 0 Å². The average Bonchev–Trinajstić information content (AvgIpc) is 2.86. The van der Waals surface area contributed by atoms with Crippen LogP contribution in [0.15, 0.2) is 42.5 Å². The van der Waals surface area contributed by atoms with Gasteiger partial charge in [0.05, 0.1) is 29.3 Å². The molecule has 3 rings (SSSR count). The summed E-state index contributed by atoms with van der Waals surface area (Å²) in [4.78, 5) is 4.52. The Labute approximate surface area is 120 Å². The zero-order valence-electron chi connectivity index (χ0n) is 11.1. The van der Waals surface area contributed by atoms with Crippen LogP contribution in [0.4, 0.5) is 4.39 Å². The maximum absolute atomic E-state index is 13.1. The number of aliphatic hydroxyl groups excluding tert-OH is 1. The normalized spacial score (nSPS) is 10.7. The van der Waals surface area contributed by atoms with Crippen LogP contribution in [-0.4, -0.2) is 21.3 Å². The molecule has 2 aromatic carbocycles. The van der Waals surface area contributed by atoms with Crippen LogP contribution in [-0.2, 0) is 6.54 Å². The van der Waals surface area contributed by atoms with Crippen LogP contribution in [0.3, 0.4) is 0 Å². The molecule has 1 heterocycles. The first kappa shape index (κ1) is 13.3. The van der Waals surface area contributed by atoms with Crippen molar-refractivity contribution in [3.8, 4) is 17.5 Å². The van der Waals surface area contributed by atoms with Gasteiger partial charge in [-0.15, -0.1) is 0 Å². The molecule has 5 heteroatoms. The minimum atomic E-state index is -0.310. The number of aliphatic hydroxyl groups is 1. The van der Waals surface area contributed by atoms with E-state index in [0.29, 0.717) is 23.4 Å². The molecule has 1 aromatic heterocycles. The van der Waals surface area contributed by atoms with Gasteiger partial charge in [-0.05, 0) is 42.5 Å². The summed E-state index contributed by atoms with van der Waals surface area (Å²) < 4.78 is 14.9. The molecular formula is C16H12FN3O. The van der Waals surface area contributed by atoms with Gasteiger partial charge in [-0.3, -0.25) is 0 Å². The summed E-state index contributed by atoms with van der Waals surface area (Å²) in [5.74, 6) is 0.337. The van der Waals surface area contributed by atoms with Gasteiger partial charge in [0.15, 0.2) is 0 Å². The van der Waals surface area contributed by atoms with Crippen LogP contribution >= 0.6 is 0 Å². The lowest BCUT2D eigenvalue weighted by Crippen LogP contribution is -2.04. The Morgan fingerprint density at radius 3 is 2.62 bits per heavy atom. The molecule has 0 bridgehead atoms. The molecule has 1 N–H and O–H groups in total. The summed E-state index contributed by atoms with van der Waals surface area (Å²) in [7, 11) is 0. The van der Waals surface area contributed by atoms with E-state index in [0.717, 1.165) is 11.1 Å². The lowest BCUT2D eigenvalue weighted by atomic mass is 10.2. The lowest BCUT2D eigenvalue weighted by Gasteiger charge is -2.07. The minimum Gasteiger partial charge on any atom is -0.395 e. The van der Waals surface area contributed by atoms with E-state index < -0.39 is 0 Å². The Balaban J connectivity index is 2.23. The van der Waals surface area contributed by atoms with Crippen molar-refractivity contribution >= 4 is 11.0 Å². The molecule has 0 atom stereocenters. The van der Waals surface area contributed by atoms with E-state index >= 15 is 0 Å². The molecule has 0 aliphatic carbocycles. The van der Waals surface area contributed by atoms with E-state index in [-0.39, 0.29) is 12.4 Å². The molecule has 0 spiro atoms. The van der Waals surface area contributed by atoms with Crippen LogP contribution in [0, 0.1) is 17.1 Å². The number of hydrogen-bond donors (Lipinski definition) is 1. The van der Waals surface area contributed by atoms with Crippen LogP contribution in [0.25, 0.3) is 22.4 Å². The van der Waals surface area contributed by atoms with Crippen molar-refractivity contribution in [1.29, 1.82) is 5.26 Å². The molecule has 0 aliphatic heterocycles. The standard InChI is InChI=1S/C16H12FN3O/c17-13-4-2-12(3-5-13)16-19-14-9-11(10-18)1-6-15(14)20(16)7-8-21/h1-6,9,21H,7-8H2. The Morgan fingerprint density at radius 2 is 1.95 bits per heavy atom. The molecule has 0 unspecified atom stereocenters. The fourth-order valence-corrected chi connectivity index (χ4v) is 2.35. The molecule has 0 saturated heterocycles. The monoisotopic (exact) mass is 281 g/mol. The van der Waals surface area contributed by atoms with E-state index in [2.05, 4.69) is 11.1 Å². The van der Waals surface area contributed by atoms with Gasteiger partial charge in [0.1, 0.15) is 11.6 Å². The molecule has 0 aliphatic rings. The van der Waals surface area contributed by atoms with Crippen LogP contribution < -0.4 is 0 Å². The Kier molecular flexibility index (Phi) is 3.38. The second-order valence-corrected chi connectivity index (χ2v) is 4.63. The maximum Gasteiger partial charge on any atom is 0.141 e. The minimum absolute atomic E-state index is 0.0281. The molecule has 0 saturated carbocycles. The van der Waals surface area contributed by atoms with Crippen molar-refractivity contribution in [2.45, 2.75) is 6.54 Å². The molecule has 21 heavy (non-hydrogen) atoms. The van der Waals surface area contributed by atoms with Crippen LogP contribution in [0.2, 0.25) is 0 Å². The summed E-state index contributed by atoms with van der Waals surface area (Å²) in [6.45, 7) is 0.356. The lowest BCUT2D eigenvalue weighted by molar-refractivity contribution is 0.278. The zero-order valence-corrected chi connectivity index (χ0v) is 11.1. The molecule has 4 nitrogen and oxygen atoms in total. The van der Waals surface area contributed by atoms with E-state index in [4.69, 9.17) is 5.26 Å². The summed E-state index contributed by atoms with van der Waals surface area (Å²) >= 11 is 0. The molecule has 104 valence electrons. The van der Waals surface area contributed by atoms with Gasteiger partial charge in [-0.2, -0.15) is 5.26 Å². The van der Waals surface area contributed by atoms with Crippen molar-refractivity contribution in [3.63, 3.8) is 0 Å². The van der Waals surface area contributed by atoms with E-state index in [9.17, 15) is 9.50 Å². The average molecular weight is 281 g/mol. The third-order valence-corrected chi connectivity index (χ3v) is 3.30. The van der Waals surface area contributed by atoms with Gasteiger partial charge in [0.2, 0.25) is 0 Å². The smallest absolute Gasteiger partial charge is 0.141 e. The summed E-state index contributed by atoms with van der Waals surface area (Å²) in [6, 6.07) is 13.4. The first-order valence-corrected chi connectivity index (χ1v) is 6.50. The van der Waals surface area contributed by atoms with Gasteiger partial charge in [0, 0.05) is 12.1 Å². The SMILES string of the molecule is N#Cc1ccc2c(c1)nc(-c1ccc(F)cc1)n2CCO. The van der Waals surface area contributed by atoms with Crippen molar-refractivity contribution in [2.75, 3.05) is 6.61 Å². The first-order chi connectivity index (χ1) is 10.2. The Hall–Kier alpha value is -2.71. The van der Waals surface area contributed by atoms with E-state index in [1.807, 2.05) is 10.6 Å². The number of aromatic nitrogens is 2. The number of nitrogens with zero attached hydrogens (tertiary/aromatic N) is 3. The number of benzene rings is 2. The molecule has 0 radical (unpaired) electrons. The van der Waals surface area contributed by atoms with Gasteiger partial charge in [-0.25, -0.2) is 9.37 Å². The fourth-order valence-electron chi connectivity index (χ4n) is 2.35. The van der Waals surface area contributed by atoms with Crippen LogP contribution in [0.1, 0.15) is 5.56 Å². The molecule has 3 aromatic rings. The summed E-state index contributed by atoms with van der Waals surface area (Å²) in [5.41, 5.74) is 2.81. The number of nitriles is 1. The Morgan fingerprint density at radius 1 is 1.19 bits per heavy atom. The fraction of sp³-hybridized carbons (Fsp3) is 0.125. The second-order valence-electron chi connectivity index (χ2n) is 4.63. The zero-order chi connectivity index (χ0) is 14.8. The highest BCUT2D eigenvalue weighted by Gasteiger charge is 2.12.